The molecule has 98 valence electrons. The summed E-state index contributed by atoms with van der Waals surface area (Å²) in [5.74, 6) is 0.813. The number of aryl methyl sites for hydroxylation is 1. The van der Waals surface area contributed by atoms with Gasteiger partial charge in [-0.05, 0) is 18.6 Å². The molecule has 0 amide bonds. The SMILES string of the molecule is COc1ccccc1CON=Cc1cccc(C)c1. The van der Waals surface area contributed by atoms with E-state index in [1.54, 1.807) is 13.3 Å². The van der Waals surface area contributed by atoms with Gasteiger partial charge in [0.05, 0.1) is 13.3 Å². The second-order valence-corrected chi connectivity index (χ2v) is 4.23. The fraction of sp³-hybridized carbons (Fsp3) is 0.188. The van der Waals surface area contributed by atoms with Crippen LogP contribution >= 0.6 is 0 Å². The normalized spacial score (nSPS) is 10.6. The summed E-state index contributed by atoms with van der Waals surface area (Å²) in [6.45, 7) is 2.44. The Morgan fingerprint density at radius 2 is 1.95 bits per heavy atom. The lowest BCUT2D eigenvalue weighted by molar-refractivity contribution is 0.130. The molecule has 0 aromatic heterocycles. The molecule has 0 atom stereocenters. The largest absolute Gasteiger partial charge is 0.496 e. The first kappa shape index (κ1) is 13.1. The second-order valence-electron chi connectivity index (χ2n) is 4.23. The Balaban J connectivity index is 1.93. The molecule has 0 spiro atoms. The molecule has 0 aliphatic rings. The number of oxime groups is 1. The number of ether oxygens (including phenoxy) is 1. The monoisotopic (exact) mass is 255 g/mol. The van der Waals surface area contributed by atoms with Gasteiger partial charge in [0, 0.05) is 5.56 Å². The number of nitrogens with zero attached hydrogens (tertiary/aromatic N) is 1. The highest BCUT2D eigenvalue weighted by Crippen LogP contribution is 2.17. The maximum atomic E-state index is 5.30. The van der Waals surface area contributed by atoms with Gasteiger partial charge in [0.2, 0.25) is 0 Å². The van der Waals surface area contributed by atoms with Crippen LogP contribution in [0.25, 0.3) is 0 Å². The van der Waals surface area contributed by atoms with Crippen molar-refractivity contribution >= 4 is 6.21 Å². The van der Waals surface area contributed by atoms with E-state index in [0.717, 1.165) is 16.9 Å². The Labute approximate surface area is 113 Å². The molecule has 2 aromatic rings. The fourth-order valence-electron chi connectivity index (χ4n) is 1.78. The van der Waals surface area contributed by atoms with E-state index >= 15 is 0 Å². The Bertz CT molecular complexity index is 564. The van der Waals surface area contributed by atoms with E-state index < -0.39 is 0 Å². The van der Waals surface area contributed by atoms with Crippen molar-refractivity contribution < 1.29 is 9.57 Å². The highest BCUT2D eigenvalue weighted by molar-refractivity contribution is 5.79. The molecule has 0 radical (unpaired) electrons. The minimum absolute atomic E-state index is 0.395. The van der Waals surface area contributed by atoms with Gasteiger partial charge in [-0.2, -0.15) is 0 Å². The van der Waals surface area contributed by atoms with Crippen molar-refractivity contribution in [3.8, 4) is 5.75 Å². The van der Waals surface area contributed by atoms with Crippen LogP contribution in [0, 0.1) is 6.92 Å². The predicted octanol–water partition coefficient (Wildman–Crippen LogP) is 3.55. The van der Waals surface area contributed by atoms with Crippen molar-refractivity contribution in [3.05, 3.63) is 65.2 Å². The number of hydrogen-bond donors (Lipinski definition) is 0. The zero-order valence-electron chi connectivity index (χ0n) is 11.2. The summed E-state index contributed by atoms with van der Waals surface area (Å²) in [6, 6.07) is 15.8. The van der Waals surface area contributed by atoms with E-state index in [4.69, 9.17) is 9.57 Å². The Morgan fingerprint density at radius 1 is 1.11 bits per heavy atom. The Morgan fingerprint density at radius 3 is 2.74 bits per heavy atom. The maximum absolute atomic E-state index is 5.30. The van der Waals surface area contributed by atoms with Crippen molar-refractivity contribution in [2.45, 2.75) is 13.5 Å². The van der Waals surface area contributed by atoms with Crippen molar-refractivity contribution in [1.29, 1.82) is 0 Å². The average molecular weight is 255 g/mol. The van der Waals surface area contributed by atoms with Crippen LogP contribution < -0.4 is 4.74 Å². The lowest BCUT2D eigenvalue weighted by Gasteiger charge is -2.06. The van der Waals surface area contributed by atoms with Crippen molar-refractivity contribution in [3.63, 3.8) is 0 Å². The summed E-state index contributed by atoms with van der Waals surface area (Å²) in [5, 5.41) is 3.97. The standard InChI is InChI=1S/C16H17NO2/c1-13-6-5-7-14(10-13)11-17-19-12-15-8-3-4-9-16(15)18-2/h3-11H,12H2,1-2H3. The van der Waals surface area contributed by atoms with Crippen LogP contribution in [0.15, 0.2) is 53.7 Å². The Hall–Kier alpha value is -2.29. The third-order valence-corrected chi connectivity index (χ3v) is 2.73. The molecule has 0 heterocycles. The quantitative estimate of drug-likeness (QED) is 0.604. The molecule has 0 fully saturated rings. The molecular formula is C16H17NO2. The summed E-state index contributed by atoms with van der Waals surface area (Å²) in [7, 11) is 1.65. The molecule has 0 saturated carbocycles. The minimum Gasteiger partial charge on any atom is -0.496 e. The van der Waals surface area contributed by atoms with E-state index in [9.17, 15) is 0 Å². The summed E-state index contributed by atoms with van der Waals surface area (Å²) >= 11 is 0. The zero-order valence-corrected chi connectivity index (χ0v) is 11.2. The van der Waals surface area contributed by atoms with Gasteiger partial charge in [-0.25, -0.2) is 0 Å². The van der Waals surface area contributed by atoms with Gasteiger partial charge < -0.3 is 9.57 Å². The molecular weight excluding hydrogens is 238 g/mol. The molecule has 3 nitrogen and oxygen atoms in total. The van der Waals surface area contributed by atoms with Gasteiger partial charge in [0.25, 0.3) is 0 Å². The lowest BCUT2D eigenvalue weighted by atomic mass is 10.2. The third-order valence-electron chi connectivity index (χ3n) is 2.73. The number of methoxy groups -OCH3 is 1. The zero-order chi connectivity index (χ0) is 13.5. The summed E-state index contributed by atoms with van der Waals surface area (Å²) in [4.78, 5) is 5.30. The van der Waals surface area contributed by atoms with Crippen LogP contribution in [0.3, 0.4) is 0 Å². The van der Waals surface area contributed by atoms with Gasteiger partial charge in [-0.3, -0.25) is 0 Å². The maximum Gasteiger partial charge on any atom is 0.145 e. The van der Waals surface area contributed by atoms with Crippen molar-refractivity contribution in [1.82, 2.24) is 0 Å². The topological polar surface area (TPSA) is 30.8 Å². The second kappa shape index (κ2) is 6.59. The first-order chi connectivity index (χ1) is 9.29. The molecule has 0 bridgehead atoms. The number of rotatable bonds is 5. The van der Waals surface area contributed by atoms with Crippen molar-refractivity contribution in [2.75, 3.05) is 7.11 Å². The van der Waals surface area contributed by atoms with Crippen molar-refractivity contribution in [2.24, 2.45) is 5.16 Å². The van der Waals surface area contributed by atoms with Crippen LogP contribution in [0.4, 0.5) is 0 Å². The van der Waals surface area contributed by atoms with Crippen LogP contribution in [0.2, 0.25) is 0 Å². The number of para-hydroxylation sites is 1. The van der Waals surface area contributed by atoms with E-state index in [-0.39, 0.29) is 0 Å². The molecule has 2 aromatic carbocycles. The average Bonchev–Trinajstić information content (AvgIpc) is 2.44. The van der Waals surface area contributed by atoms with E-state index in [1.165, 1.54) is 5.56 Å². The minimum atomic E-state index is 0.395. The summed E-state index contributed by atoms with van der Waals surface area (Å²) < 4.78 is 5.24. The van der Waals surface area contributed by atoms with Gasteiger partial charge >= 0.3 is 0 Å². The van der Waals surface area contributed by atoms with Crippen LogP contribution in [0.1, 0.15) is 16.7 Å². The highest BCUT2D eigenvalue weighted by Gasteiger charge is 2.00. The van der Waals surface area contributed by atoms with E-state index in [2.05, 4.69) is 11.2 Å². The molecule has 0 saturated heterocycles. The molecule has 0 aliphatic carbocycles. The molecule has 3 heteroatoms. The smallest absolute Gasteiger partial charge is 0.145 e. The Kier molecular flexibility index (Phi) is 4.56. The van der Waals surface area contributed by atoms with Crippen LogP contribution in [0.5, 0.6) is 5.75 Å². The first-order valence-electron chi connectivity index (χ1n) is 6.13. The molecule has 0 unspecified atom stereocenters. The number of hydrogen-bond acceptors (Lipinski definition) is 3. The van der Waals surface area contributed by atoms with Gasteiger partial charge in [-0.1, -0.05) is 53.2 Å². The highest BCUT2D eigenvalue weighted by atomic mass is 16.6. The van der Waals surface area contributed by atoms with E-state index in [0.29, 0.717) is 6.61 Å². The van der Waals surface area contributed by atoms with Gasteiger partial charge in [-0.15, -0.1) is 0 Å². The van der Waals surface area contributed by atoms with Crippen LogP contribution in [-0.4, -0.2) is 13.3 Å². The molecule has 19 heavy (non-hydrogen) atoms. The first-order valence-corrected chi connectivity index (χ1v) is 6.13. The van der Waals surface area contributed by atoms with E-state index in [1.807, 2.05) is 49.4 Å². The lowest BCUT2D eigenvalue weighted by Crippen LogP contribution is -1.93. The molecule has 2 rings (SSSR count). The summed E-state index contributed by atoms with van der Waals surface area (Å²) in [5.41, 5.74) is 3.21. The summed E-state index contributed by atoms with van der Waals surface area (Å²) in [6.07, 6.45) is 1.71. The van der Waals surface area contributed by atoms with Gasteiger partial charge in [0.1, 0.15) is 12.4 Å². The van der Waals surface area contributed by atoms with Crippen LogP contribution in [-0.2, 0) is 11.4 Å². The fourth-order valence-corrected chi connectivity index (χ4v) is 1.78. The number of benzene rings is 2. The van der Waals surface area contributed by atoms with Gasteiger partial charge in [0.15, 0.2) is 0 Å². The molecule has 0 N–H and O–H groups in total. The molecule has 0 aliphatic heterocycles. The third kappa shape index (κ3) is 3.85. The predicted molar refractivity (Wildman–Crippen MR) is 76.6 cm³/mol.